The van der Waals surface area contributed by atoms with E-state index in [1.807, 2.05) is 0 Å². The second-order valence-electron chi connectivity index (χ2n) is 8.19. The van der Waals surface area contributed by atoms with E-state index in [0.717, 1.165) is 6.54 Å². The minimum absolute atomic E-state index is 0.123. The van der Waals surface area contributed by atoms with Crippen molar-refractivity contribution < 1.29 is 4.57 Å². The maximum Gasteiger partial charge on any atom is 0.427 e. The summed E-state index contributed by atoms with van der Waals surface area (Å²) in [6.07, 6.45) is 2.22. The Bertz CT molecular complexity index is 1320. The molecule has 0 unspecified atom stereocenters. The Hall–Kier alpha value is -3.53. The van der Waals surface area contributed by atoms with E-state index in [0.29, 0.717) is 0 Å². The topological polar surface area (TPSA) is 10.4 Å². The summed E-state index contributed by atoms with van der Waals surface area (Å²) < 4.78 is 2.41. The lowest BCUT2D eigenvalue weighted by atomic mass is 9.60. The minimum atomic E-state index is 0.123. The second-order valence-corrected chi connectivity index (χ2v) is 8.19. The molecule has 0 spiro atoms. The molecule has 3 aliphatic rings. The minimum Gasteiger partial charge on any atom is -0.360 e. The van der Waals surface area contributed by atoms with Crippen molar-refractivity contribution in [3.05, 3.63) is 96.2 Å². The fourth-order valence-corrected chi connectivity index (χ4v) is 5.39. The van der Waals surface area contributed by atoms with E-state index in [2.05, 4.69) is 106 Å². The van der Waals surface area contributed by atoms with Crippen LogP contribution in [0.4, 0.5) is 22.7 Å². The molecule has 4 aromatic rings. The highest BCUT2D eigenvalue weighted by Crippen LogP contribution is 2.51. The summed E-state index contributed by atoms with van der Waals surface area (Å²) >= 11 is 0. The summed E-state index contributed by atoms with van der Waals surface area (Å²) in [4.78, 5) is 5.05. The van der Waals surface area contributed by atoms with Crippen molar-refractivity contribution in [1.82, 2.24) is 0 Å². The van der Waals surface area contributed by atoms with Gasteiger partial charge in [0.25, 0.3) is 0 Å². The van der Waals surface area contributed by atoms with Crippen LogP contribution in [0.15, 0.2) is 85.1 Å². The Kier molecular flexibility index (Phi) is 2.81. The Labute approximate surface area is 170 Å². The third kappa shape index (κ3) is 1.86. The molecule has 0 bridgehead atoms. The number of nitrogens with zero attached hydrogens (tertiary/aromatic N) is 3. The van der Waals surface area contributed by atoms with Crippen molar-refractivity contribution in [2.45, 2.75) is 13.5 Å². The summed E-state index contributed by atoms with van der Waals surface area (Å²) in [7, 11) is 0. The van der Waals surface area contributed by atoms with Crippen molar-refractivity contribution in [3.63, 3.8) is 0 Å². The smallest absolute Gasteiger partial charge is 0.360 e. The van der Waals surface area contributed by atoms with E-state index >= 15 is 0 Å². The van der Waals surface area contributed by atoms with Crippen molar-refractivity contribution in [3.8, 4) is 11.3 Å². The Morgan fingerprint density at radius 2 is 1.69 bits per heavy atom. The van der Waals surface area contributed by atoms with E-state index in [9.17, 15) is 0 Å². The molecule has 0 N–H and O–H groups in total. The second kappa shape index (κ2) is 5.29. The van der Waals surface area contributed by atoms with Gasteiger partial charge >= 0.3 is 6.98 Å². The van der Waals surface area contributed by atoms with Gasteiger partial charge < -0.3 is 9.62 Å². The number of benzene rings is 3. The molecule has 0 radical (unpaired) electrons. The highest BCUT2D eigenvalue weighted by atomic mass is 15.3. The van der Waals surface area contributed by atoms with Gasteiger partial charge in [0.15, 0.2) is 12.7 Å². The fourth-order valence-electron chi connectivity index (χ4n) is 5.39. The molecule has 1 aromatic heterocycles. The lowest BCUT2D eigenvalue weighted by Crippen LogP contribution is -2.58. The highest BCUT2D eigenvalue weighted by Gasteiger charge is 2.52. The number of anilines is 4. The van der Waals surface area contributed by atoms with E-state index in [1.165, 1.54) is 50.6 Å². The lowest BCUT2D eigenvalue weighted by molar-refractivity contribution is -0.671. The predicted octanol–water partition coefficient (Wildman–Crippen LogP) is 4.31. The zero-order chi connectivity index (χ0) is 19.1. The molecular formula is C25H19BN3+. The van der Waals surface area contributed by atoms with Gasteiger partial charge in [-0.25, -0.2) is 0 Å². The van der Waals surface area contributed by atoms with Gasteiger partial charge in [-0.1, -0.05) is 42.5 Å². The van der Waals surface area contributed by atoms with Crippen LogP contribution in [0.2, 0.25) is 0 Å². The zero-order valence-corrected chi connectivity index (χ0v) is 16.2. The zero-order valence-electron chi connectivity index (χ0n) is 16.2. The number of para-hydroxylation sites is 1. The standard InChI is InChI=1S/C25H19BN3/c1-17-12-13-21-23(15-17)29-22-11-5-7-18-16-27-14-6-10-20(25(27)24(18)22)26(29)28(21)19-8-3-2-4-9-19/h2-15H,16H2,1H3/q+1. The molecule has 3 aromatic carbocycles. The molecule has 0 fully saturated rings. The quantitative estimate of drug-likeness (QED) is 0.321. The molecule has 29 heavy (non-hydrogen) atoms. The number of hydrogen-bond acceptors (Lipinski definition) is 2. The van der Waals surface area contributed by atoms with Crippen LogP contribution in [-0.4, -0.2) is 6.98 Å². The van der Waals surface area contributed by atoms with E-state index in [4.69, 9.17) is 0 Å². The number of aromatic nitrogens is 1. The normalized spacial score (nSPS) is 14.7. The molecule has 3 nitrogen and oxygen atoms in total. The van der Waals surface area contributed by atoms with Crippen LogP contribution in [0, 0.1) is 6.92 Å². The Morgan fingerprint density at radius 3 is 2.59 bits per heavy atom. The third-order valence-corrected chi connectivity index (χ3v) is 6.52. The first-order chi connectivity index (χ1) is 14.3. The molecule has 4 heterocycles. The first-order valence-corrected chi connectivity index (χ1v) is 10.2. The third-order valence-electron chi connectivity index (χ3n) is 6.52. The molecule has 3 aliphatic heterocycles. The molecule has 7 rings (SSSR count). The van der Waals surface area contributed by atoms with Gasteiger partial charge in [-0.15, -0.1) is 0 Å². The summed E-state index contributed by atoms with van der Waals surface area (Å²) in [5.74, 6) is 0. The number of fused-ring (bicyclic) bond motifs is 5. The van der Waals surface area contributed by atoms with Gasteiger partial charge in [0, 0.05) is 28.5 Å². The largest absolute Gasteiger partial charge is 0.427 e. The van der Waals surface area contributed by atoms with Gasteiger partial charge in [-0.3, -0.25) is 0 Å². The SMILES string of the molecule is Cc1ccc2c(c1)N1B(c3ccc[n+]4c3-c3c(cccc31)C4)N2c1ccccc1. The molecule has 0 amide bonds. The van der Waals surface area contributed by atoms with Crippen LogP contribution in [0.25, 0.3) is 11.3 Å². The maximum absolute atomic E-state index is 2.55. The molecular weight excluding hydrogens is 353 g/mol. The van der Waals surface area contributed by atoms with Crippen LogP contribution < -0.4 is 19.7 Å². The number of hydrogen-bond donors (Lipinski definition) is 0. The average molecular weight is 372 g/mol. The van der Waals surface area contributed by atoms with Crippen LogP contribution in [0.1, 0.15) is 11.1 Å². The highest BCUT2D eigenvalue weighted by molar-refractivity contribution is 6.86. The number of pyridine rings is 1. The van der Waals surface area contributed by atoms with Crippen LogP contribution in [0.3, 0.4) is 0 Å². The Morgan fingerprint density at radius 1 is 0.793 bits per heavy atom. The van der Waals surface area contributed by atoms with E-state index in [1.54, 1.807) is 0 Å². The summed E-state index contributed by atoms with van der Waals surface area (Å²) in [5, 5.41) is 0. The fraction of sp³-hybridized carbons (Fsp3) is 0.0800. The lowest BCUT2D eigenvalue weighted by Gasteiger charge is -2.33. The summed E-state index contributed by atoms with van der Waals surface area (Å²) in [5.41, 5.74) is 12.0. The summed E-state index contributed by atoms with van der Waals surface area (Å²) in [6, 6.07) is 28.9. The first-order valence-electron chi connectivity index (χ1n) is 10.2. The molecule has 0 saturated heterocycles. The van der Waals surface area contributed by atoms with Gasteiger partial charge in [0.1, 0.15) is 0 Å². The van der Waals surface area contributed by atoms with Gasteiger partial charge in [0.05, 0.1) is 16.9 Å². The molecule has 4 heteroatoms. The molecule has 0 atom stereocenters. The first kappa shape index (κ1) is 15.4. The van der Waals surface area contributed by atoms with E-state index < -0.39 is 0 Å². The summed E-state index contributed by atoms with van der Waals surface area (Å²) in [6.45, 7) is 3.26. The number of rotatable bonds is 1. The van der Waals surface area contributed by atoms with Crippen LogP contribution in [-0.2, 0) is 6.54 Å². The van der Waals surface area contributed by atoms with Gasteiger partial charge in [-0.05, 0) is 42.8 Å². The average Bonchev–Trinajstić information content (AvgIpc) is 3.30. The Balaban J connectivity index is 1.60. The maximum atomic E-state index is 2.55. The number of aryl methyl sites for hydroxylation is 1. The molecule has 0 aliphatic carbocycles. The van der Waals surface area contributed by atoms with Gasteiger partial charge in [0.2, 0.25) is 5.69 Å². The van der Waals surface area contributed by atoms with E-state index in [-0.39, 0.29) is 6.98 Å². The van der Waals surface area contributed by atoms with Crippen LogP contribution >= 0.6 is 0 Å². The van der Waals surface area contributed by atoms with Crippen molar-refractivity contribution >= 4 is 35.2 Å². The van der Waals surface area contributed by atoms with Crippen LogP contribution in [0.5, 0.6) is 0 Å². The monoisotopic (exact) mass is 372 g/mol. The molecule has 0 saturated carbocycles. The predicted molar refractivity (Wildman–Crippen MR) is 118 cm³/mol. The molecule has 136 valence electrons. The van der Waals surface area contributed by atoms with Crippen molar-refractivity contribution in [2.24, 2.45) is 0 Å². The van der Waals surface area contributed by atoms with Crippen molar-refractivity contribution in [1.29, 1.82) is 0 Å². The van der Waals surface area contributed by atoms with Gasteiger partial charge in [-0.2, -0.15) is 4.57 Å². The van der Waals surface area contributed by atoms with Crippen molar-refractivity contribution in [2.75, 3.05) is 9.62 Å².